The number of anilines is 1. The minimum absolute atomic E-state index is 0.00263. The third-order valence-corrected chi connectivity index (χ3v) is 3.11. The van der Waals surface area contributed by atoms with Crippen LogP contribution >= 0.6 is 0 Å². The van der Waals surface area contributed by atoms with E-state index in [2.05, 4.69) is 5.32 Å². The summed E-state index contributed by atoms with van der Waals surface area (Å²) in [5.74, 6) is -1.16. The Balaban J connectivity index is 2.16. The molecule has 1 unspecified atom stereocenters. The van der Waals surface area contributed by atoms with Crippen molar-refractivity contribution in [3.05, 3.63) is 29.8 Å². The maximum atomic E-state index is 12.1. The first-order valence-corrected chi connectivity index (χ1v) is 6.00. The Hall–Kier alpha value is -2.59. The van der Waals surface area contributed by atoms with Crippen LogP contribution in [0.1, 0.15) is 12.0 Å². The maximum Gasteiger partial charge on any atom is 0.326 e. The van der Waals surface area contributed by atoms with Crippen molar-refractivity contribution in [1.82, 2.24) is 4.90 Å². The van der Waals surface area contributed by atoms with Gasteiger partial charge in [0.05, 0.1) is 17.4 Å². The Bertz CT molecular complexity index is 581. The second kappa shape index (κ2) is 5.59. The van der Waals surface area contributed by atoms with Crippen molar-refractivity contribution in [3.63, 3.8) is 0 Å². The molecule has 20 heavy (non-hydrogen) atoms. The van der Waals surface area contributed by atoms with Crippen LogP contribution in [0.4, 0.5) is 10.5 Å². The van der Waals surface area contributed by atoms with Crippen LogP contribution < -0.4 is 5.32 Å². The van der Waals surface area contributed by atoms with Gasteiger partial charge in [-0.15, -0.1) is 0 Å². The Morgan fingerprint density at radius 3 is 2.75 bits per heavy atom. The van der Waals surface area contributed by atoms with Crippen LogP contribution in [-0.4, -0.2) is 45.8 Å². The second-order valence-electron chi connectivity index (χ2n) is 4.48. The number of para-hydroxylation sites is 1. The van der Waals surface area contributed by atoms with Gasteiger partial charge in [-0.3, -0.25) is 0 Å². The number of aliphatic hydroxyl groups excluding tert-OH is 1. The van der Waals surface area contributed by atoms with Crippen LogP contribution in [0, 0.1) is 11.3 Å². The number of rotatable bonds is 2. The zero-order valence-corrected chi connectivity index (χ0v) is 10.5. The molecule has 1 fully saturated rings. The van der Waals surface area contributed by atoms with Crippen molar-refractivity contribution in [3.8, 4) is 6.07 Å². The topological polar surface area (TPSA) is 114 Å². The zero-order chi connectivity index (χ0) is 14.7. The summed E-state index contributed by atoms with van der Waals surface area (Å²) in [6, 6.07) is 6.65. The van der Waals surface area contributed by atoms with Crippen molar-refractivity contribution >= 4 is 17.7 Å². The number of nitriles is 1. The van der Waals surface area contributed by atoms with Gasteiger partial charge in [0.25, 0.3) is 0 Å². The fourth-order valence-corrected chi connectivity index (χ4v) is 2.15. The summed E-state index contributed by atoms with van der Waals surface area (Å²) in [6.45, 7) is -0.0441. The minimum Gasteiger partial charge on any atom is -0.480 e. The van der Waals surface area contributed by atoms with Crippen LogP contribution in [0.5, 0.6) is 0 Å². The van der Waals surface area contributed by atoms with E-state index in [0.717, 1.165) is 4.90 Å². The fourth-order valence-electron chi connectivity index (χ4n) is 2.15. The van der Waals surface area contributed by atoms with Crippen molar-refractivity contribution < 1.29 is 19.8 Å². The van der Waals surface area contributed by atoms with E-state index in [9.17, 15) is 14.7 Å². The number of aliphatic hydroxyl groups is 1. The molecule has 1 saturated heterocycles. The smallest absolute Gasteiger partial charge is 0.326 e. The van der Waals surface area contributed by atoms with Gasteiger partial charge < -0.3 is 20.4 Å². The van der Waals surface area contributed by atoms with Crippen LogP contribution in [0.15, 0.2) is 24.3 Å². The van der Waals surface area contributed by atoms with Crippen molar-refractivity contribution in [2.24, 2.45) is 0 Å². The Kier molecular flexibility index (Phi) is 3.86. The number of carboxylic acids is 1. The average molecular weight is 275 g/mol. The minimum atomic E-state index is -1.16. The van der Waals surface area contributed by atoms with Gasteiger partial charge in [-0.25, -0.2) is 9.59 Å². The molecule has 1 aromatic carbocycles. The van der Waals surface area contributed by atoms with E-state index in [-0.39, 0.29) is 18.5 Å². The van der Waals surface area contributed by atoms with Gasteiger partial charge in [0.2, 0.25) is 0 Å². The van der Waals surface area contributed by atoms with Crippen LogP contribution in [0.25, 0.3) is 0 Å². The summed E-state index contributed by atoms with van der Waals surface area (Å²) in [5.41, 5.74) is 0.595. The lowest BCUT2D eigenvalue weighted by atomic mass is 10.2. The molecule has 7 nitrogen and oxygen atoms in total. The number of β-amino-alcohol motifs (C(OH)–C–C–N with tert-alkyl or cyclic N) is 1. The van der Waals surface area contributed by atoms with Gasteiger partial charge in [0.15, 0.2) is 0 Å². The number of hydrogen-bond acceptors (Lipinski definition) is 4. The predicted molar refractivity (Wildman–Crippen MR) is 68.9 cm³/mol. The van der Waals surface area contributed by atoms with E-state index < -0.39 is 24.1 Å². The van der Waals surface area contributed by atoms with E-state index >= 15 is 0 Å². The molecule has 3 N–H and O–H groups in total. The molecule has 1 aromatic rings. The van der Waals surface area contributed by atoms with Gasteiger partial charge >= 0.3 is 12.0 Å². The SMILES string of the molecule is N#Cc1ccccc1NC(=O)N1CC(O)C[C@H]1C(=O)O. The normalized spacial score (nSPS) is 21.3. The molecule has 2 amide bonds. The number of nitrogens with zero attached hydrogens (tertiary/aromatic N) is 2. The molecule has 2 rings (SSSR count). The lowest BCUT2D eigenvalue weighted by Gasteiger charge is -2.21. The van der Waals surface area contributed by atoms with Crippen molar-refractivity contribution in [1.29, 1.82) is 5.26 Å². The molecule has 0 saturated carbocycles. The summed E-state index contributed by atoms with van der Waals surface area (Å²) in [5, 5.41) is 30.0. The largest absolute Gasteiger partial charge is 0.480 e. The highest BCUT2D eigenvalue weighted by Gasteiger charge is 2.39. The van der Waals surface area contributed by atoms with Gasteiger partial charge in [0, 0.05) is 13.0 Å². The molecule has 1 aliphatic heterocycles. The second-order valence-corrected chi connectivity index (χ2v) is 4.48. The van der Waals surface area contributed by atoms with Gasteiger partial charge in [-0.05, 0) is 12.1 Å². The number of amides is 2. The number of likely N-dealkylation sites (tertiary alicyclic amines) is 1. The van der Waals surface area contributed by atoms with E-state index in [1.54, 1.807) is 24.3 Å². The van der Waals surface area contributed by atoms with Gasteiger partial charge in [-0.2, -0.15) is 5.26 Å². The number of carboxylic acid groups (broad SMARTS) is 1. The third-order valence-electron chi connectivity index (χ3n) is 3.11. The first kappa shape index (κ1) is 13.8. The number of nitrogens with one attached hydrogen (secondary N) is 1. The summed E-state index contributed by atoms with van der Waals surface area (Å²) < 4.78 is 0. The van der Waals surface area contributed by atoms with Crippen molar-refractivity contribution in [2.45, 2.75) is 18.6 Å². The molecule has 0 aliphatic carbocycles. The Morgan fingerprint density at radius 1 is 1.40 bits per heavy atom. The Morgan fingerprint density at radius 2 is 2.10 bits per heavy atom. The number of aliphatic carboxylic acids is 1. The lowest BCUT2D eigenvalue weighted by molar-refractivity contribution is -0.141. The number of carbonyl (C=O) groups excluding carboxylic acids is 1. The molecule has 0 radical (unpaired) electrons. The highest BCUT2D eigenvalue weighted by Crippen LogP contribution is 2.21. The molecule has 1 aliphatic rings. The van der Waals surface area contributed by atoms with E-state index in [1.807, 2.05) is 6.07 Å². The van der Waals surface area contributed by atoms with Crippen LogP contribution in [0.3, 0.4) is 0 Å². The highest BCUT2D eigenvalue weighted by atomic mass is 16.4. The molecule has 7 heteroatoms. The monoisotopic (exact) mass is 275 g/mol. The molecule has 0 aromatic heterocycles. The maximum absolute atomic E-state index is 12.1. The van der Waals surface area contributed by atoms with Crippen LogP contribution in [-0.2, 0) is 4.79 Å². The standard InChI is InChI=1S/C13H13N3O4/c14-6-8-3-1-2-4-10(8)15-13(20)16-7-9(17)5-11(16)12(18)19/h1-4,9,11,17H,5,7H2,(H,15,20)(H,18,19)/t9?,11-/m0/s1. The average Bonchev–Trinajstić information content (AvgIpc) is 2.82. The first-order valence-electron chi connectivity index (χ1n) is 6.00. The molecule has 0 bridgehead atoms. The summed E-state index contributed by atoms with van der Waals surface area (Å²) >= 11 is 0. The molecule has 104 valence electrons. The number of hydrogen-bond donors (Lipinski definition) is 3. The summed E-state index contributed by atoms with van der Waals surface area (Å²) in [4.78, 5) is 24.2. The molecule has 1 heterocycles. The number of benzene rings is 1. The van der Waals surface area contributed by atoms with Gasteiger partial charge in [0.1, 0.15) is 12.1 Å². The predicted octanol–water partition coefficient (Wildman–Crippen LogP) is 0.610. The lowest BCUT2D eigenvalue weighted by Crippen LogP contribution is -2.43. The number of urea groups is 1. The third kappa shape index (κ3) is 2.70. The molecule has 2 atom stereocenters. The van der Waals surface area contributed by atoms with E-state index in [4.69, 9.17) is 10.4 Å². The molecule has 0 spiro atoms. The number of carbonyl (C=O) groups is 2. The van der Waals surface area contributed by atoms with Crippen molar-refractivity contribution in [2.75, 3.05) is 11.9 Å². The summed E-state index contributed by atoms with van der Waals surface area (Å²) in [7, 11) is 0. The molecular formula is C13H13N3O4. The summed E-state index contributed by atoms with van der Waals surface area (Å²) in [6.07, 6.45) is -0.851. The first-order chi connectivity index (χ1) is 9.52. The van der Waals surface area contributed by atoms with Gasteiger partial charge in [-0.1, -0.05) is 12.1 Å². The molecular weight excluding hydrogens is 262 g/mol. The quantitative estimate of drug-likeness (QED) is 0.731. The fraction of sp³-hybridized carbons (Fsp3) is 0.308. The Labute approximate surface area is 115 Å². The van der Waals surface area contributed by atoms with Crippen LogP contribution in [0.2, 0.25) is 0 Å². The van der Waals surface area contributed by atoms with E-state index in [0.29, 0.717) is 5.69 Å². The zero-order valence-electron chi connectivity index (χ0n) is 10.5. The highest BCUT2D eigenvalue weighted by molar-refractivity contribution is 5.93. The van der Waals surface area contributed by atoms with E-state index in [1.165, 1.54) is 0 Å².